The normalized spacial score (nSPS) is 20.9. The highest BCUT2D eigenvalue weighted by Crippen LogP contribution is 2.34. The van der Waals surface area contributed by atoms with Gasteiger partial charge in [0.05, 0.1) is 17.2 Å². The lowest BCUT2D eigenvalue weighted by atomic mass is 10.0. The Balaban J connectivity index is 1.53. The second kappa shape index (κ2) is 9.31. The zero-order chi connectivity index (χ0) is 23.7. The van der Waals surface area contributed by atoms with Crippen LogP contribution in [0.5, 0.6) is 0 Å². The lowest BCUT2D eigenvalue weighted by Crippen LogP contribution is -2.39. The average Bonchev–Trinajstić information content (AvgIpc) is 3.37. The molecule has 0 saturated heterocycles. The molecule has 33 heavy (non-hydrogen) atoms. The molecule has 174 valence electrons. The summed E-state index contributed by atoms with van der Waals surface area (Å²) in [4.78, 5) is 41.4. The number of carbonyl (C=O) groups excluding carboxylic acids is 3. The van der Waals surface area contributed by atoms with Crippen molar-refractivity contribution in [2.45, 2.75) is 45.6 Å². The van der Waals surface area contributed by atoms with Crippen LogP contribution in [-0.2, 0) is 14.3 Å². The number of anilines is 1. The molecule has 4 rings (SSSR count). The number of aryl methyl sites for hydroxylation is 1. The quantitative estimate of drug-likeness (QED) is 0.439. The van der Waals surface area contributed by atoms with E-state index in [1.165, 1.54) is 18.2 Å². The van der Waals surface area contributed by atoms with Gasteiger partial charge < -0.3 is 20.4 Å². The van der Waals surface area contributed by atoms with Crippen molar-refractivity contribution in [2.75, 3.05) is 19.0 Å². The molecule has 2 aromatic rings. The number of halogens is 1. The summed E-state index contributed by atoms with van der Waals surface area (Å²) < 4.78 is 18.8. The molecule has 1 fully saturated rings. The maximum atomic E-state index is 13.7. The number of carbonyl (C=O) groups is 3. The highest BCUT2D eigenvalue weighted by molar-refractivity contribution is 6.34. The standard InChI is InChI=1S/C25H28FN3O4/c1-13-21(12-18-17-11-16(26)7-9-19(17)28-24(18)31)27-14(2)22(13)25(32)29-20-8-6-15(23(20)30)5-4-10-33-3/h7,9,11-12,15,20,27H,4-6,8,10H2,1-3H3,(H,28,31)(H,29,32)/b18-12-/t15?,20-/m0/s1. The van der Waals surface area contributed by atoms with Gasteiger partial charge in [-0.05, 0) is 69.4 Å². The van der Waals surface area contributed by atoms with Crippen LogP contribution in [0.3, 0.4) is 0 Å². The number of amides is 2. The van der Waals surface area contributed by atoms with Gasteiger partial charge in [-0.15, -0.1) is 0 Å². The second-order valence-electron chi connectivity index (χ2n) is 8.70. The smallest absolute Gasteiger partial charge is 0.256 e. The van der Waals surface area contributed by atoms with Crippen LogP contribution >= 0.6 is 0 Å². The third-order valence-corrected chi connectivity index (χ3v) is 6.51. The number of methoxy groups -OCH3 is 1. The minimum Gasteiger partial charge on any atom is -0.385 e. The monoisotopic (exact) mass is 453 g/mol. The van der Waals surface area contributed by atoms with Crippen LogP contribution in [-0.4, -0.2) is 42.3 Å². The molecule has 2 heterocycles. The van der Waals surface area contributed by atoms with Crippen molar-refractivity contribution in [3.63, 3.8) is 0 Å². The van der Waals surface area contributed by atoms with Crippen LogP contribution in [0.2, 0.25) is 0 Å². The zero-order valence-electron chi connectivity index (χ0n) is 19.0. The van der Waals surface area contributed by atoms with Crippen molar-refractivity contribution in [3.05, 3.63) is 52.1 Å². The van der Waals surface area contributed by atoms with Crippen molar-refractivity contribution >= 4 is 34.9 Å². The molecule has 1 saturated carbocycles. The molecule has 2 aliphatic rings. The Hall–Kier alpha value is -3.26. The number of ether oxygens (including phenoxy) is 1. The van der Waals surface area contributed by atoms with Gasteiger partial charge in [0.25, 0.3) is 11.8 Å². The third-order valence-electron chi connectivity index (χ3n) is 6.51. The summed E-state index contributed by atoms with van der Waals surface area (Å²) in [5.74, 6) is -1.04. The fraction of sp³-hybridized carbons (Fsp3) is 0.400. The number of Topliss-reactive ketones (excluding diaryl/α,β-unsaturated/α-hetero) is 1. The lowest BCUT2D eigenvalue weighted by Gasteiger charge is -2.13. The minimum atomic E-state index is -0.490. The Kier molecular flexibility index (Phi) is 6.47. The highest BCUT2D eigenvalue weighted by Gasteiger charge is 2.35. The number of benzene rings is 1. The number of aromatic amines is 1. The molecular formula is C25H28FN3O4. The molecule has 2 amide bonds. The van der Waals surface area contributed by atoms with E-state index in [4.69, 9.17) is 4.74 Å². The third kappa shape index (κ3) is 4.48. The highest BCUT2D eigenvalue weighted by atomic mass is 19.1. The molecule has 1 aromatic carbocycles. The largest absolute Gasteiger partial charge is 0.385 e. The molecule has 1 aromatic heterocycles. The predicted molar refractivity (Wildman–Crippen MR) is 123 cm³/mol. The fourth-order valence-electron chi connectivity index (χ4n) is 4.78. The summed E-state index contributed by atoms with van der Waals surface area (Å²) in [5, 5.41) is 5.62. The van der Waals surface area contributed by atoms with E-state index >= 15 is 0 Å². The summed E-state index contributed by atoms with van der Waals surface area (Å²) in [6, 6.07) is 3.64. The van der Waals surface area contributed by atoms with Gasteiger partial charge in [0.15, 0.2) is 5.78 Å². The first kappa shape index (κ1) is 22.9. The summed E-state index contributed by atoms with van der Waals surface area (Å²) >= 11 is 0. The van der Waals surface area contributed by atoms with Gasteiger partial charge in [-0.1, -0.05) is 0 Å². The van der Waals surface area contributed by atoms with E-state index in [0.717, 1.165) is 19.3 Å². The van der Waals surface area contributed by atoms with Crippen LogP contribution in [0.4, 0.5) is 10.1 Å². The fourth-order valence-corrected chi connectivity index (χ4v) is 4.78. The van der Waals surface area contributed by atoms with E-state index in [-0.39, 0.29) is 23.5 Å². The van der Waals surface area contributed by atoms with Gasteiger partial charge in [-0.3, -0.25) is 14.4 Å². The average molecular weight is 454 g/mol. The maximum absolute atomic E-state index is 13.7. The van der Waals surface area contributed by atoms with Gasteiger partial charge in [-0.2, -0.15) is 0 Å². The number of ketones is 1. The molecule has 0 bridgehead atoms. The maximum Gasteiger partial charge on any atom is 0.256 e. The van der Waals surface area contributed by atoms with Gasteiger partial charge in [0.2, 0.25) is 0 Å². The van der Waals surface area contributed by atoms with Crippen molar-refractivity contribution in [1.29, 1.82) is 0 Å². The molecule has 1 unspecified atom stereocenters. The number of fused-ring (bicyclic) bond motifs is 1. The molecule has 1 aliphatic heterocycles. The van der Waals surface area contributed by atoms with E-state index in [1.54, 1.807) is 27.0 Å². The SMILES string of the molecule is COCCCC1CC[C@H](NC(=O)c2c(C)[nH]c(/C=C3\C(=O)Nc4ccc(F)cc43)c2C)C1=O. The summed E-state index contributed by atoms with van der Waals surface area (Å²) in [6.45, 7) is 4.18. The van der Waals surface area contributed by atoms with Gasteiger partial charge in [-0.25, -0.2) is 4.39 Å². The summed E-state index contributed by atoms with van der Waals surface area (Å²) in [5.41, 5.74) is 3.70. The number of rotatable bonds is 7. The van der Waals surface area contributed by atoms with Crippen molar-refractivity contribution in [1.82, 2.24) is 10.3 Å². The van der Waals surface area contributed by atoms with Crippen LogP contribution in [0, 0.1) is 25.6 Å². The van der Waals surface area contributed by atoms with E-state index in [1.807, 2.05) is 0 Å². The van der Waals surface area contributed by atoms with Gasteiger partial charge >= 0.3 is 0 Å². The summed E-state index contributed by atoms with van der Waals surface area (Å²) in [7, 11) is 1.64. The Morgan fingerprint density at radius 2 is 2.06 bits per heavy atom. The van der Waals surface area contributed by atoms with E-state index in [2.05, 4.69) is 15.6 Å². The minimum absolute atomic E-state index is 0.0412. The Morgan fingerprint density at radius 3 is 2.82 bits per heavy atom. The second-order valence-corrected chi connectivity index (χ2v) is 8.70. The van der Waals surface area contributed by atoms with Crippen molar-refractivity contribution in [3.8, 4) is 0 Å². The van der Waals surface area contributed by atoms with Crippen LogP contribution < -0.4 is 10.6 Å². The molecule has 7 nitrogen and oxygen atoms in total. The first-order valence-corrected chi connectivity index (χ1v) is 11.2. The Labute approximate surface area is 191 Å². The van der Waals surface area contributed by atoms with Crippen LogP contribution in [0.1, 0.15) is 58.6 Å². The number of hydrogen-bond acceptors (Lipinski definition) is 4. The molecule has 1 aliphatic carbocycles. The summed E-state index contributed by atoms with van der Waals surface area (Å²) in [6.07, 6.45) is 4.61. The molecule has 3 N–H and O–H groups in total. The van der Waals surface area contributed by atoms with Gasteiger partial charge in [0.1, 0.15) is 5.82 Å². The van der Waals surface area contributed by atoms with Crippen molar-refractivity contribution in [2.24, 2.45) is 5.92 Å². The topological polar surface area (TPSA) is 100 Å². The van der Waals surface area contributed by atoms with Crippen LogP contribution in [0.15, 0.2) is 18.2 Å². The number of H-pyrrole nitrogens is 1. The van der Waals surface area contributed by atoms with Gasteiger partial charge in [0, 0.05) is 42.3 Å². The molecular weight excluding hydrogens is 425 g/mol. The lowest BCUT2D eigenvalue weighted by molar-refractivity contribution is -0.122. The number of hydrogen-bond donors (Lipinski definition) is 3. The molecule has 0 spiro atoms. The Bertz CT molecular complexity index is 1150. The first-order chi connectivity index (χ1) is 15.8. The number of aromatic nitrogens is 1. The van der Waals surface area contributed by atoms with E-state index < -0.39 is 11.9 Å². The molecule has 2 atom stereocenters. The zero-order valence-corrected chi connectivity index (χ0v) is 19.0. The predicted octanol–water partition coefficient (Wildman–Crippen LogP) is 3.77. The van der Waals surface area contributed by atoms with E-state index in [0.29, 0.717) is 52.4 Å². The first-order valence-electron chi connectivity index (χ1n) is 11.2. The van der Waals surface area contributed by atoms with Crippen molar-refractivity contribution < 1.29 is 23.5 Å². The molecule has 0 radical (unpaired) electrons. The Morgan fingerprint density at radius 1 is 1.27 bits per heavy atom. The molecule has 8 heteroatoms. The number of nitrogens with one attached hydrogen (secondary N) is 3. The van der Waals surface area contributed by atoms with Crippen LogP contribution in [0.25, 0.3) is 11.6 Å². The van der Waals surface area contributed by atoms with E-state index in [9.17, 15) is 18.8 Å².